The van der Waals surface area contributed by atoms with Gasteiger partial charge in [-0.3, -0.25) is 0 Å². The SMILES string of the molecule is CC(Br)CCCc1cc(F)cc(F)c1. The minimum absolute atomic E-state index is 0.459. The van der Waals surface area contributed by atoms with Crippen molar-refractivity contribution >= 4 is 15.9 Å². The van der Waals surface area contributed by atoms with Crippen molar-refractivity contribution in [1.82, 2.24) is 0 Å². The van der Waals surface area contributed by atoms with Gasteiger partial charge in [-0.15, -0.1) is 0 Å². The number of halogens is 3. The number of benzene rings is 1. The molecule has 0 aromatic heterocycles. The fourth-order valence-corrected chi connectivity index (χ4v) is 1.67. The van der Waals surface area contributed by atoms with Crippen LogP contribution in [0.4, 0.5) is 8.78 Å². The molecule has 0 nitrogen and oxygen atoms in total. The molecule has 0 heterocycles. The molecule has 0 bridgehead atoms. The summed E-state index contributed by atoms with van der Waals surface area (Å²) >= 11 is 3.43. The summed E-state index contributed by atoms with van der Waals surface area (Å²) in [6.07, 6.45) is 2.68. The number of rotatable bonds is 4. The first-order valence-corrected chi connectivity index (χ1v) is 5.58. The Morgan fingerprint density at radius 3 is 2.29 bits per heavy atom. The van der Waals surface area contributed by atoms with E-state index in [4.69, 9.17) is 0 Å². The molecule has 0 saturated heterocycles. The third-order valence-electron chi connectivity index (χ3n) is 1.99. The van der Waals surface area contributed by atoms with Crippen molar-refractivity contribution in [3.05, 3.63) is 35.4 Å². The van der Waals surface area contributed by atoms with Crippen LogP contribution in [0.15, 0.2) is 18.2 Å². The van der Waals surface area contributed by atoms with Gasteiger partial charge in [0.25, 0.3) is 0 Å². The molecule has 0 radical (unpaired) electrons. The van der Waals surface area contributed by atoms with E-state index >= 15 is 0 Å². The molecule has 0 spiro atoms. The second-order valence-electron chi connectivity index (χ2n) is 3.45. The third kappa shape index (κ3) is 4.18. The summed E-state index contributed by atoms with van der Waals surface area (Å²) in [5.41, 5.74) is 0.732. The van der Waals surface area contributed by atoms with Gasteiger partial charge in [-0.05, 0) is 37.0 Å². The Morgan fingerprint density at radius 1 is 1.21 bits per heavy atom. The highest BCUT2D eigenvalue weighted by atomic mass is 79.9. The maximum Gasteiger partial charge on any atom is 0.126 e. The highest BCUT2D eigenvalue weighted by Gasteiger charge is 2.01. The summed E-state index contributed by atoms with van der Waals surface area (Å²) in [5.74, 6) is -0.987. The second-order valence-corrected chi connectivity index (χ2v) is 5.01. The molecule has 14 heavy (non-hydrogen) atoms. The molecule has 3 heteroatoms. The number of hydrogen-bond acceptors (Lipinski definition) is 0. The van der Waals surface area contributed by atoms with Gasteiger partial charge in [0.1, 0.15) is 11.6 Å². The Labute approximate surface area is 91.5 Å². The molecule has 0 aliphatic carbocycles. The lowest BCUT2D eigenvalue weighted by molar-refractivity contribution is 0.578. The van der Waals surface area contributed by atoms with Crippen molar-refractivity contribution in [1.29, 1.82) is 0 Å². The lowest BCUT2D eigenvalue weighted by Gasteiger charge is -2.03. The monoisotopic (exact) mass is 262 g/mol. The molecule has 1 rings (SSSR count). The fourth-order valence-electron chi connectivity index (χ4n) is 1.34. The van der Waals surface area contributed by atoms with Gasteiger partial charge in [0.15, 0.2) is 0 Å². The van der Waals surface area contributed by atoms with Crippen LogP contribution >= 0.6 is 15.9 Å². The van der Waals surface area contributed by atoms with Gasteiger partial charge in [-0.1, -0.05) is 22.9 Å². The predicted molar refractivity (Wildman–Crippen MR) is 57.7 cm³/mol. The maximum absolute atomic E-state index is 12.8. The Bertz CT molecular complexity index is 277. The van der Waals surface area contributed by atoms with Gasteiger partial charge in [-0.2, -0.15) is 0 Å². The number of alkyl halides is 1. The molecule has 0 amide bonds. The Morgan fingerprint density at radius 2 is 1.79 bits per heavy atom. The summed E-state index contributed by atoms with van der Waals surface area (Å²) in [5, 5.41) is 0. The van der Waals surface area contributed by atoms with Crippen LogP contribution in [0.2, 0.25) is 0 Å². The highest BCUT2D eigenvalue weighted by molar-refractivity contribution is 9.09. The van der Waals surface area contributed by atoms with Crippen molar-refractivity contribution in [3.63, 3.8) is 0 Å². The number of hydrogen-bond donors (Lipinski definition) is 0. The van der Waals surface area contributed by atoms with Crippen molar-refractivity contribution < 1.29 is 8.78 Å². The van der Waals surface area contributed by atoms with Gasteiger partial charge in [-0.25, -0.2) is 8.78 Å². The van der Waals surface area contributed by atoms with Gasteiger partial charge >= 0.3 is 0 Å². The largest absolute Gasteiger partial charge is 0.207 e. The molecule has 0 saturated carbocycles. The first-order valence-electron chi connectivity index (χ1n) is 4.67. The first kappa shape index (κ1) is 11.6. The molecule has 1 atom stereocenters. The molecular formula is C11H13BrF2. The van der Waals surface area contributed by atoms with E-state index in [1.165, 1.54) is 12.1 Å². The molecule has 1 aromatic rings. The Hall–Kier alpha value is -0.440. The van der Waals surface area contributed by atoms with E-state index in [2.05, 4.69) is 22.9 Å². The zero-order valence-corrected chi connectivity index (χ0v) is 9.65. The van der Waals surface area contributed by atoms with E-state index in [9.17, 15) is 8.78 Å². The first-order chi connectivity index (χ1) is 6.58. The molecule has 0 aliphatic heterocycles. The van der Waals surface area contributed by atoms with Crippen LogP contribution in [0.3, 0.4) is 0 Å². The maximum atomic E-state index is 12.8. The molecule has 1 unspecified atom stereocenters. The summed E-state index contributed by atoms with van der Waals surface area (Å²) in [4.78, 5) is 0.459. The van der Waals surface area contributed by atoms with Crippen LogP contribution < -0.4 is 0 Å². The molecule has 0 fully saturated rings. The van der Waals surface area contributed by atoms with E-state index in [0.717, 1.165) is 30.9 Å². The van der Waals surface area contributed by atoms with Crippen molar-refractivity contribution in [2.75, 3.05) is 0 Å². The minimum atomic E-state index is -0.494. The predicted octanol–water partition coefficient (Wildman–Crippen LogP) is 4.07. The minimum Gasteiger partial charge on any atom is -0.207 e. The average molecular weight is 263 g/mol. The quantitative estimate of drug-likeness (QED) is 0.718. The highest BCUT2D eigenvalue weighted by Crippen LogP contribution is 2.13. The zero-order chi connectivity index (χ0) is 10.6. The van der Waals surface area contributed by atoms with Gasteiger partial charge in [0, 0.05) is 10.9 Å². The molecule has 1 aromatic carbocycles. The Kier molecular flexibility index (Phi) is 4.52. The van der Waals surface area contributed by atoms with Gasteiger partial charge in [0.05, 0.1) is 0 Å². The van der Waals surface area contributed by atoms with Crippen LogP contribution in [0.25, 0.3) is 0 Å². The third-order valence-corrected chi connectivity index (χ3v) is 2.45. The molecule has 78 valence electrons. The van der Waals surface area contributed by atoms with Crippen LogP contribution in [-0.4, -0.2) is 4.83 Å². The normalized spacial score (nSPS) is 12.9. The Balaban J connectivity index is 2.50. The summed E-state index contributed by atoms with van der Waals surface area (Å²) in [7, 11) is 0. The lowest BCUT2D eigenvalue weighted by Crippen LogP contribution is -1.94. The molecule has 0 aliphatic rings. The molecular weight excluding hydrogens is 250 g/mol. The zero-order valence-electron chi connectivity index (χ0n) is 8.06. The van der Waals surface area contributed by atoms with Crippen molar-refractivity contribution in [3.8, 4) is 0 Å². The van der Waals surface area contributed by atoms with Crippen LogP contribution in [0, 0.1) is 11.6 Å². The van der Waals surface area contributed by atoms with Crippen molar-refractivity contribution in [2.24, 2.45) is 0 Å². The van der Waals surface area contributed by atoms with E-state index in [-0.39, 0.29) is 0 Å². The van der Waals surface area contributed by atoms with Crippen LogP contribution in [-0.2, 0) is 6.42 Å². The van der Waals surface area contributed by atoms with Crippen molar-refractivity contribution in [2.45, 2.75) is 31.0 Å². The van der Waals surface area contributed by atoms with Crippen LogP contribution in [0.1, 0.15) is 25.3 Å². The van der Waals surface area contributed by atoms with Gasteiger partial charge in [0.2, 0.25) is 0 Å². The second kappa shape index (κ2) is 5.44. The molecule has 0 N–H and O–H groups in total. The van der Waals surface area contributed by atoms with Crippen LogP contribution in [0.5, 0.6) is 0 Å². The topological polar surface area (TPSA) is 0 Å². The van der Waals surface area contributed by atoms with Gasteiger partial charge < -0.3 is 0 Å². The van der Waals surface area contributed by atoms with E-state index in [0.29, 0.717) is 4.83 Å². The van der Waals surface area contributed by atoms with E-state index in [1.54, 1.807) is 0 Å². The summed E-state index contributed by atoms with van der Waals surface area (Å²) in [6.45, 7) is 2.06. The van der Waals surface area contributed by atoms with E-state index in [1.807, 2.05) is 0 Å². The lowest BCUT2D eigenvalue weighted by atomic mass is 10.1. The summed E-state index contributed by atoms with van der Waals surface area (Å²) in [6, 6.07) is 3.68. The number of aryl methyl sites for hydroxylation is 1. The average Bonchev–Trinajstić information content (AvgIpc) is 2.01. The smallest absolute Gasteiger partial charge is 0.126 e. The standard InChI is InChI=1S/C11H13BrF2/c1-8(12)3-2-4-9-5-10(13)7-11(14)6-9/h5-8H,2-4H2,1H3. The fraction of sp³-hybridized carbons (Fsp3) is 0.455. The van der Waals surface area contributed by atoms with E-state index < -0.39 is 11.6 Å². The summed E-state index contributed by atoms with van der Waals surface area (Å²) < 4.78 is 25.5.